The van der Waals surface area contributed by atoms with Crippen molar-refractivity contribution in [2.24, 2.45) is 7.05 Å². The van der Waals surface area contributed by atoms with Gasteiger partial charge in [-0.1, -0.05) is 0 Å². The molecule has 0 aliphatic carbocycles. The van der Waals surface area contributed by atoms with Crippen molar-refractivity contribution in [3.63, 3.8) is 0 Å². The molecule has 0 radical (unpaired) electrons. The van der Waals surface area contributed by atoms with Crippen molar-refractivity contribution in [2.75, 3.05) is 13.2 Å². The molecule has 0 N–H and O–H groups in total. The molecule has 0 bridgehead atoms. The van der Waals surface area contributed by atoms with E-state index in [0.717, 1.165) is 30.6 Å². The van der Waals surface area contributed by atoms with Gasteiger partial charge in [0.1, 0.15) is 5.69 Å². The number of carbonyl (C=O) groups excluding carboxylic acids is 2. The lowest BCUT2D eigenvalue weighted by Gasteiger charge is -2.33. The van der Waals surface area contributed by atoms with Crippen molar-refractivity contribution in [3.05, 3.63) is 22.5 Å². The molecule has 1 atom stereocenters. The monoisotopic (exact) mass is 306 g/mol. The van der Waals surface area contributed by atoms with Crippen LogP contribution in [0.2, 0.25) is 0 Å². The normalized spacial score (nSPS) is 18.4. The number of hydrogen-bond donors (Lipinski definition) is 0. The number of aromatic nitrogens is 1. The van der Waals surface area contributed by atoms with Crippen LogP contribution in [0.3, 0.4) is 0 Å². The van der Waals surface area contributed by atoms with Crippen LogP contribution < -0.4 is 0 Å². The van der Waals surface area contributed by atoms with E-state index in [1.54, 1.807) is 11.5 Å². The van der Waals surface area contributed by atoms with Gasteiger partial charge in [0.15, 0.2) is 0 Å². The first-order valence-electron chi connectivity index (χ1n) is 8.04. The molecular formula is C17H26N2O3. The Kier molecular flexibility index (Phi) is 4.94. The molecule has 1 amide bonds. The van der Waals surface area contributed by atoms with E-state index < -0.39 is 0 Å². The van der Waals surface area contributed by atoms with Crippen LogP contribution in [0.1, 0.15) is 65.2 Å². The van der Waals surface area contributed by atoms with Crippen LogP contribution in [-0.4, -0.2) is 40.5 Å². The third-order valence-electron chi connectivity index (χ3n) is 4.68. The second-order valence-electron chi connectivity index (χ2n) is 6.06. The molecule has 0 spiro atoms. The third kappa shape index (κ3) is 2.76. The van der Waals surface area contributed by atoms with E-state index in [0.29, 0.717) is 17.9 Å². The van der Waals surface area contributed by atoms with E-state index >= 15 is 0 Å². The highest BCUT2D eigenvalue weighted by Crippen LogP contribution is 2.26. The average Bonchev–Trinajstić information content (AvgIpc) is 2.69. The van der Waals surface area contributed by atoms with Crippen LogP contribution in [0.4, 0.5) is 0 Å². The summed E-state index contributed by atoms with van der Waals surface area (Å²) in [4.78, 5) is 27.0. The van der Waals surface area contributed by atoms with E-state index in [2.05, 4.69) is 6.92 Å². The maximum atomic E-state index is 13.0. The molecular weight excluding hydrogens is 280 g/mol. The molecule has 1 aliphatic heterocycles. The van der Waals surface area contributed by atoms with Crippen molar-refractivity contribution in [3.8, 4) is 0 Å². The zero-order valence-electron chi connectivity index (χ0n) is 14.2. The first-order chi connectivity index (χ1) is 10.4. The summed E-state index contributed by atoms with van der Waals surface area (Å²) in [7, 11) is 1.81. The summed E-state index contributed by atoms with van der Waals surface area (Å²) in [5.41, 5.74) is 2.68. The summed E-state index contributed by atoms with van der Waals surface area (Å²) in [6.45, 7) is 8.72. The first kappa shape index (κ1) is 16.6. The van der Waals surface area contributed by atoms with E-state index in [-0.39, 0.29) is 17.9 Å². The maximum Gasteiger partial charge on any atom is 0.355 e. The lowest BCUT2D eigenvalue weighted by atomic mass is 10.0. The van der Waals surface area contributed by atoms with Crippen molar-refractivity contribution < 1.29 is 14.3 Å². The quantitative estimate of drug-likeness (QED) is 0.807. The Hall–Kier alpha value is -1.78. The lowest BCUT2D eigenvalue weighted by Crippen LogP contribution is -2.42. The van der Waals surface area contributed by atoms with Crippen LogP contribution >= 0.6 is 0 Å². The van der Waals surface area contributed by atoms with Crippen molar-refractivity contribution >= 4 is 11.9 Å². The second kappa shape index (κ2) is 6.55. The summed E-state index contributed by atoms with van der Waals surface area (Å²) >= 11 is 0. The van der Waals surface area contributed by atoms with Crippen LogP contribution in [-0.2, 0) is 11.8 Å². The number of esters is 1. The van der Waals surface area contributed by atoms with Crippen LogP contribution in [0.5, 0.6) is 0 Å². The van der Waals surface area contributed by atoms with Gasteiger partial charge < -0.3 is 14.2 Å². The molecule has 5 nitrogen and oxygen atoms in total. The molecule has 0 saturated carbocycles. The number of likely N-dealkylation sites (tertiary alicyclic amines) is 1. The molecule has 22 heavy (non-hydrogen) atoms. The average molecular weight is 306 g/mol. The molecule has 1 fully saturated rings. The predicted molar refractivity (Wildman–Crippen MR) is 85.2 cm³/mol. The Bertz CT molecular complexity index is 589. The van der Waals surface area contributed by atoms with Crippen molar-refractivity contribution in [1.29, 1.82) is 0 Å². The Morgan fingerprint density at radius 1 is 1.27 bits per heavy atom. The van der Waals surface area contributed by atoms with E-state index in [9.17, 15) is 9.59 Å². The number of rotatable bonds is 3. The Labute approximate surface area is 132 Å². The van der Waals surface area contributed by atoms with Gasteiger partial charge in [0.05, 0.1) is 12.2 Å². The Balaban J connectivity index is 2.41. The number of piperidine rings is 1. The van der Waals surface area contributed by atoms with Crippen LogP contribution in [0.15, 0.2) is 0 Å². The molecule has 1 aromatic rings. The van der Waals surface area contributed by atoms with Crippen LogP contribution in [0, 0.1) is 13.8 Å². The van der Waals surface area contributed by atoms with Gasteiger partial charge in [-0.05, 0) is 52.5 Å². The molecule has 1 aliphatic rings. The van der Waals surface area contributed by atoms with Gasteiger partial charge >= 0.3 is 5.97 Å². The SMILES string of the molecule is CCOC(=O)c1c(C)c(C(=O)N2CCCCC2C)c(C)n1C. The van der Waals surface area contributed by atoms with Gasteiger partial charge in [-0.3, -0.25) is 4.79 Å². The molecule has 122 valence electrons. The number of carbonyl (C=O) groups is 2. The minimum atomic E-state index is -0.364. The van der Waals surface area contributed by atoms with Crippen LogP contribution in [0.25, 0.3) is 0 Å². The highest BCUT2D eigenvalue weighted by atomic mass is 16.5. The molecule has 1 unspecified atom stereocenters. The number of ether oxygens (including phenoxy) is 1. The van der Waals surface area contributed by atoms with E-state index in [1.807, 2.05) is 25.8 Å². The fourth-order valence-electron chi connectivity index (χ4n) is 3.32. The van der Waals surface area contributed by atoms with Crippen molar-refractivity contribution in [1.82, 2.24) is 9.47 Å². The fourth-order valence-corrected chi connectivity index (χ4v) is 3.32. The number of nitrogens with zero attached hydrogens (tertiary/aromatic N) is 2. The topological polar surface area (TPSA) is 51.5 Å². The smallest absolute Gasteiger partial charge is 0.355 e. The van der Waals surface area contributed by atoms with Gasteiger partial charge in [-0.15, -0.1) is 0 Å². The minimum absolute atomic E-state index is 0.0355. The van der Waals surface area contributed by atoms with E-state index in [1.165, 1.54) is 6.42 Å². The van der Waals surface area contributed by atoms with Gasteiger partial charge in [0.25, 0.3) is 5.91 Å². The zero-order chi connectivity index (χ0) is 16.4. The molecule has 2 rings (SSSR count). The maximum absolute atomic E-state index is 13.0. The highest BCUT2D eigenvalue weighted by Gasteiger charge is 2.31. The number of hydrogen-bond acceptors (Lipinski definition) is 3. The number of amides is 1. The zero-order valence-corrected chi connectivity index (χ0v) is 14.2. The molecule has 5 heteroatoms. The summed E-state index contributed by atoms with van der Waals surface area (Å²) in [5.74, 6) is -0.329. The Morgan fingerprint density at radius 3 is 2.55 bits per heavy atom. The second-order valence-corrected chi connectivity index (χ2v) is 6.06. The minimum Gasteiger partial charge on any atom is -0.461 e. The third-order valence-corrected chi connectivity index (χ3v) is 4.68. The summed E-state index contributed by atoms with van der Waals surface area (Å²) in [6, 6.07) is 0.256. The highest BCUT2D eigenvalue weighted by molar-refractivity contribution is 6.01. The predicted octanol–water partition coefficient (Wildman–Crippen LogP) is 2.83. The lowest BCUT2D eigenvalue weighted by molar-refractivity contribution is 0.0514. The van der Waals surface area contributed by atoms with Gasteiger partial charge in [0, 0.05) is 25.3 Å². The van der Waals surface area contributed by atoms with Gasteiger partial charge in [-0.2, -0.15) is 0 Å². The van der Waals surface area contributed by atoms with Crippen molar-refractivity contribution in [2.45, 2.75) is 53.0 Å². The van der Waals surface area contributed by atoms with Gasteiger partial charge in [0.2, 0.25) is 0 Å². The molecule has 1 saturated heterocycles. The summed E-state index contributed by atoms with van der Waals surface area (Å²) in [6.07, 6.45) is 3.26. The fraction of sp³-hybridized carbons (Fsp3) is 0.647. The summed E-state index contributed by atoms with van der Waals surface area (Å²) in [5, 5.41) is 0. The largest absolute Gasteiger partial charge is 0.461 e. The van der Waals surface area contributed by atoms with Gasteiger partial charge in [-0.25, -0.2) is 4.79 Å². The molecule has 2 heterocycles. The molecule has 1 aromatic heterocycles. The Morgan fingerprint density at radius 2 is 1.95 bits per heavy atom. The first-order valence-corrected chi connectivity index (χ1v) is 8.04. The standard InChI is InChI=1S/C17H26N2O3/c1-6-22-17(21)15-12(3)14(13(4)18(15)5)16(20)19-10-8-7-9-11(19)2/h11H,6-10H2,1-5H3. The molecule has 0 aromatic carbocycles. The summed E-state index contributed by atoms with van der Waals surface area (Å²) < 4.78 is 6.89. The van der Waals surface area contributed by atoms with E-state index in [4.69, 9.17) is 4.74 Å².